The lowest BCUT2D eigenvalue weighted by molar-refractivity contribution is -0.143. The SMILES string of the molecule is NCCOc1ccc(Cl)cc1C(=O)N[C@@H](Cc1ccccc1)C(=O)Nc1cc(C(F)(F)F)cc(C(F)(F)F)c1. The number of alkyl halides is 6. The molecule has 208 valence electrons. The van der Waals surface area contributed by atoms with Gasteiger partial charge in [0.15, 0.2) is 0 Å². The van der Waals surface area contributed by atoms with Gasteiger partial charge in [-0.1, -0.05) is 41.9 Å². The highest BCUT2D eigenvalue weighted by Crippen LogP contribution is 2.37. The molecule has 0 saturated carbocycles. The molecule has 1 atom stereocenters. The van der Waals surface area contributed by atoms with Crippen molar-refractivity contribution in [1.29, 1.82) is 0 Å². The Morgan fingerprint density at radius 3 is 2.08 bits per heavy atom. The molecule has 0 aromatic heterocycles. The van der Waals surface area contributed by atoms with Gasteiger partial charge >= 0.3 is 12.4 Å². The Morgan fingerprint density at radius 2 is 1.51 bits per heavy atom. The summed E-state index contributed by atoms with van der Waals surface area (Å²) in [5.74, 6) is -1.76. The first kappa shape index (κ1) is 29.8. The van der Waals surface area contributed by atoms with Crippen LogP contribution in [0.15, 0.2) is 66.7 Å². The minimum atomic E-state index is -5.11. The number of hydrogen-bond acceptors (Lipinski definition) is 4. The minimum absolute atomic E-state index is 0.0547. The fourth-order valence-corrected chi connectivity index (χ4v) is 3.70. The summed E-state index contributed by atoms with van der Waals surface area (Å²) in [4.78, 5) is 26.3. The zero-order valence-corrected chi connectivity index (χ0v) is 20.8. The first-order valence-corrected chi connectivity index (χ1v) is 11.7. The molecule has 0 radical (unpaired) electrons. The lowest BCUT2D eigenvalue weighted by Crippen LogP contribution is -2.45. The van der Waals surface area contributed by atoms with Gasteiger partial charge in [-0.3, -0.25) is 9.59 Å². The van der Waals surface area contributed by atoms with Crippen molar-refractivity contribution in [3.63, 3.8) is 0 Å². The van der Waals surface area contributed by atoms with Crippen LogP contribution in [0.1, 0.15) is 27.0 Å². The largest absolute Gasteiger partial charge is 0.491 e. The number of amides is 2. The second-order valence-electron chi connectivity index (χ2n) is 8.28. The van der Waals surface area contributed by atoms with Gasteiger partial charge in [-0.25, -0.2) is 0 Å². The van der Waals surface area contributed by atoms with Crippen LogP contribution in [0.4, 0.5) is 32.0 Å². The molecule has 0 fully saturated rings. The van der Waals surface area contributed by atoms with Crippen LogP contribution in [0.2, 0.25) is 5.02 Å². The van der Waals surface area contributed by atoms with Gasteiger partial charge in [-0.05, 0) is 42.0 Å². The number of nitrogens with one attached hydrogen (secondary N) is 2. The highest BCUT2D eigenvalue weighted by molar-refractivity contribution is 6.31. The van der Waals surface area contributed by atoms with E-state index >= 15 is 0 Å². The molecule has 39 heavy (non-hydrogen) atoms. The zero-order chi connectivity index (χ0) is 28.8. The topological polar surface area (TPSA) is 93.4 Å². The third kappa shape index (κ3) is 8.36. The molecule has 0 spiro atoms. The van der Waals surface area contributed by atoms with E-state index in [1.807, 2.05) is 0 Å². The number of ether oxygens (including phenoxy) is 1. The van der Waals surface area contributed by atoms with E-state index in [1.165, 1.54) is 18.2 Å². The lowest BCUT2D eigenvalue weighted by atomic mass is 10.0. The fraction of sp³-hybridized carbons (Fsp3) is 0.231. The van der Waals surface area contributed by atoms with E-state index in [2.05, 4.69) is 10.6 Å². The number of rotatable bonds is 9. The van der Waals surface area contributed by atoms with Gasteiger partial charge in [-0.2, -0.15) is 26.3 Å². The maximum absolute atomic E-state index is 13.3. The predicted molar refractivity (Wildman–Crippen MR) is 132 cm³/mol. The molecule has 4 N–H and O–H groups in total. The number of hydrogen-bond donors (Lipinski definition) is 3. The smallest absolute Gasteiger partial charge is 0.416 e. The van der Waals surface area contributed by atoms with Crippen molar-refractivity contribution < 1.29 is 40.7 Å². The first-order valence-electron chi connectivity index (χ1n) is 11.4. The fourth-order valence-electron chi connectivity index (χ4n) is 3.53. The van der Waals surface area contributed by atoms with Crippen molar-refractivity contribution in [3.05, 3.63) is 94.0 Å². The van der Waals surface area contributed by atoms with Crippen molar-refractivity contribution in [2.75, 3.05) is 18.5 Å². The molecule has 0 unspecified atom stereocenters. The summed E-state index contributed by atoms with van der Waals surface area (Å²) < 4.78 is 85.1. The Labute approximate surface area is 224 Å². The minimum Gasteiger partial charge on any atom is -0.491 e. The molecular formula is C26H22ClF6N3O3. The summed E-state index contributed by atoms with van der Waals surface area (Å²) in [5.41, 5.74) is 2.00. The van der Waals surface area contributed by atoms with Gasteiger partial charge < -0.3 is 21.1 Å². The third-order valence-corrected chi connectivity index (χ3v) is 5.56. The third-order valence-electron chi connectivity index (χ3n) is 5.32. The number of carbonyl (C=O) groups is 2. The quantitative estimate of drug-likeness (QED) is 0.287. The molecule has 0 heterocycles. The second kappa shape index (κ2) is 12.4. The first-order chi connectivity index (χ1) is 18.3. The standard InChI is InChI=1S/C26H22ClF6N3O3/c27-18-6-7-22(39-9-8-34)20(14-18)23(37)36-21(10-15-4-2-1-3-5-15)24(38)35-19-12-16(25(28,29)30)11-17(13-19)26(31,32)33/h1-7,11-14,21H,8-10,34H2,(H,35,38)(H,36,37)/t21-/m0/s1. The van der Waals surface area contributed by atoms with Gasteiger partial charge in [0.2, 0.25) is 5.91 Å². The van der Waals surface area contributed by atoms with Gasteiger partial charge in [-0.15, -0.1) is 0 Å². The Bertz CT molecular complexity index is 1280. The molecule has 0 aliphatic rings. The average molecular weight is 574 g/mol. The lowest BCUT2D eigenvalue weighted by Gasteiger charge is -2.21. The van der Waals surface area contributed by atoms with Crippen LogP contribution in [-0.4, -0.2) is 31.0 Å². The van der Waals surface area contributed by atoms with Crippen LogP contribution in [0.5, 0.6) is 5.75 Å². The van der Waals surface area contributed by atoms with E-state index < -0.39 is 47.0 Å². The molecule has 0 aliphatic heterocycles. The molecule has 0 saturated heterocycles. The molecule has 3 rings (SSSR count). The Hall–Kier alpha value is -3.77. The van der Waals surface area contributed by atoms with Crippen LogP contribution >= 0.6 is 11.6 Å². The van der Waals surface area contributed by atoms with E-state index in [9.17, 15) is 35.9 Å². The summed E-state index contributed by atoms with van der Waals surface area (Å²) in [7, 11) is 0. The van der Waals surface area contributed by atoms with E-state index in [1.54, 1.807) is 30.3 Å². The summed E-state index contributed by atoms with van der Waals surface area (Å²) >= 11 is 6.01. The second-order valence-corrected chi connectivity index (χ2v) is 8.71. The summed E-state index contributed by atoms with van der Waals surface area (Å²) in [6.07, 6.45) is -10.3. The van der Waals surface area contributed by atoms with Gasteiger partial charge in [0.1, 0.15) is 18.4 Å². The normalized spacial score (nSPS) is 12.5. The van der Waals surface area contributed by atoms with Crippen LogP contribution < -0.4 is 21.1 Å². The highest BCUT2D eigenvalue weighted by atomic mass is 35.5. The van der Waals surface area contributed by atoms with E-state index in [0.29, 0.717) is 17.7 Å². The highest BCUT2D eigenvalue weighted by Gasteiger charge is 2.37. The number of benzene rings is 3. The Kier molecular flexibility index (Phi) is 9.46. The van der Waals surface area contributed by atoms with E-state index in [4.69, 9.17) is 22.1 Å². The Balaban J connectivity index is 1.95. The Morgan fingerprint density at radius 1 is 0.897 bits per heavy atom. The number of halogens is 7. The molecule has 0 bridgehead atoms. The van der Waals surface area contributed by atoms with E-state index in [-0.39, 0.29) is 42.0 Å². The van der Waals surface area contributed by atoms with Gasteiger partial charge in [0.05, 0.1) is 16.7 Å². The molecule has 2 amide bonds. The van der Waals surface area contributed by atoms with Gasteiger partial charge in [0.25, 0.3) is 5.91 Å². The van der Waals surface area contributed by atoms with Crippen molar-refractivity contribution in [3.8, 4) is 5.75 Å². The maximum atomic E-state index is 13.3. The summed E-state index contributed by atoms with van der Waals surface area (Å²) in [6, 6.07) is 11.7. The molecule has 3 aromatic rings. The monoisotopic (exact) mass is 573 g/mol. The number of carbonyl (C=O) groups excluding carboxylic acids is 2. The molecule has 13 heteroatoms. The molecular weight excluding hydrogens is 552 g/mol. The maximum Gasteiger partial charge on any atom is 0.416 e. The zero-order valence-electron chi connectivity index (χ0n) is 20.0. The summed E-state index contributed by atoms with van der Waals surface area (Å²) in [5, 5.41) is 4.72. The average Bonchev–Trinajstić information content (AvgIpc) is 2.87. The van der Waals surface area contributed by atoms with Crippen molar-refractivity contribution in [2.45, 2.75) is 24.8 Å². The van der Waals surface area contributed by atoms with Crippen molar-refractivity contribution in [2.24, 2.45) is 5.73 Å². The molecule has 3 aromatic carbocycles. The molecule has 0 aliphatic carbocycles. The van der Waals surface area contributed by atoms with Crippen LogP contribution in [0.25, 0.3) is 0 Å². The summed E-state index contributed by atoms with van der Waals surface area (Å²) in [6.45, 7) is 0.201. The molecule has 6 nitrogen and oxygen atoms in total. The van der Waals surface area contributed by atoms with Crippen molar-refractivity contribution >= 4 is 29.1 Å². The van der Waals surface area contributed by atoms with E-state index in [0.717, 1.165) is 0 Å². The van der Waals surface area contributed by atoms with Crippen molar-refractivity contribution in [1.82, 2.24) is 5.32 Å². The van der Waals surface area contributed by atoms with Gasteiger partial charge in [0, 0.05) is 23.7 Å². The van der Waals surface area contributed by atoms with Crippen LogP contribution in [0, 0.1) is 0 Å². The number of anilines is 1. The predicted octanol–water partition coefficient (Wildman–Crippen LogP) is 5.69. The van der Waals surface area contributed by atoms with Crippen LogP contribution in [0.3, 0.4) is 0 Å². The van der Waals surface area contributed by atoms with Crippen LogP contribution in [-0.2, 0) is 23.6 Å². The number of nitrogens with two attached hydrogens (primary N) is 1.